The molecule has 0 spiro atoms. The van der Waals surface area contributed by atoms with Crippen molar-refractivity contribution in [1.82, 2.24) is 9.88 Å². The first kappa shape index (κ1) is 17.0. The fraction of sp³-hybridized carbons (Fsp3) is 0.182. The molecule has 2 aromatic heterocycles. The van der Waals surface area contributed by atoms with E-state index in [9.17, 15) is 0 Å². The highest BCUT2D eigenvalue weighted by atomic mass is 35.5. The van der Waals surface area contributed by atoms with Crippen LogP contribution < -0.4 is 5.32 Å². The first-order valence-corrected chi connectivity index (χ1v) is 9.15. The van der Waals surface area contributed by atoms with Crippen molar-refractivity contribution in [3.05, 3.63) is 94.5 Å². The van der Waals surface area contributed by atoms with Crippen LogP contribution in [-0.2, 0) is 19.6 Å². The van der Waals surface area contributed by atoms with Gasteiger partial charge in [-0.3, -0.25) is 0 Å². The Morgan fingerprint density at radius 3 is 2.58 bits per heavy atom. The number of aromatic nitrogens is 1. The van der Waals surface area contributed by atoms with Crippen molar-refractivity contribution >= 4 is 22.5 Å². The molecular formula is C22H21ClN2O. The maximum atomic E-state index is 6.39. The van der Waals surface area contributed by atoms with Crippen molar-refractivity contribution in [1.29, 1.82) is 0 Å². The molecular weight excluding hydrogens is 344 g/mol. The van der Waals surface area contributed by atoms with Crippen LogP contribution in [0.4, 0.5) is 0 Å². The summed E-state index contributed by atoms with van der Waals surface area (Å²) in [5.74, 6) is 0.947. The van der Waals surface area contributed by atoms with Gasteiger partial charge in [0.05, 0.1) is 12.8 Å². The van der Waals surface area contributed by atoms with Crippen LogP contribution in [0.15, 0.2) is 71.3 Å². The van der Waals surface area contributed by atoms with Crippen molar-refractivity contribution < 1.29 is 4.42 Å². The molecule has 4 heteroatoms. The van der Waals surface area contributed by atoms with Crippen molar-refractivity contribution in [2.24, 2.45) is 0 Å². The molecule has 0 bridgehead atoms. The Bertz CT molecular complexity index is 1020. The van der Waals surface area contributed by atoms with Crippen LogP contribution in [0.5, 0.6) is 0 Å². The summed E-state index contributed by atoms with van der Waals surface area (Å²) in [4.78, 5) is 0. The molecule has 0 amide bonds. The first-order valence-electron chi connectivity index (χ1n) is 8.77. The summed E-state index contributed by atoms with van der Waals surface area (Å²) in [6.07, 6.45) is 1.71. The summed E-state index contributed by atoms with van der Waals surface area (Å²) in [6.45, 7) is 4.46. The molecule has 0 aliphatic heterocycles. The summed E-state index contributed by atoms with van der Waals surface area (Å²) in [5, 5.41) is 5.58. The van der Waals surface area contributed by atoms with Gasteiger partial charge in [0, 0.05) is 34.7 Å². The molecule has 0 saturated carbocycles. The van der Waals surface area contributed by atoms with Gasteiger partial charge in [-0.15, -0.1) is 0 Å². The Kier molecular flexibility index (Phi) is 4.83. The minimum Gasteiger partial charge on any atom is -0.468 e. The molecule has 26 heavy (non-hydrogen) atoms. The third-order valence-corrected chi connectivity index (χ3v) is 5.20. The van der Waals surface area contributed by atoms with E-state index in [0.29, 0.717) is 0 Å². The summed E-state index contributed by atoms with van der Waals surface area (Å²) in [6, 6.07) is 20.5. The number of benzene rings is 2. The minimum absolute atomic E-state index is 0.719. The lowest BCUT2D eigenvalue weighted by atomic mass is 10.1. The molecule has 1 N–H and O–H groups in total. The Morgan fingerprint density at radius 2 is 1.77 bits per heavy atom. The highest BCUT2D eigenvalue weighted by Crippen LogP contribution is 2.28. The van der Waals surface area contributed by atoms with Gasteiger partial charge in [-0.1, -0.05) is 48.0 Å². The number of hydrogen-bond acceptors (Lipinski definition) is 2. The van der Waals surface area contributed by atoms with Gasteiger partial charge in [-0.05, 0) is 42.3 Å². The highest BCUT2D eigenvalue weighted by molar-refractivity contribution is 6.31. The van der Waals surface area contributed by atoms with Crippen LogP contribution in [0.2, 0.25) is 5.02 Å². The fourth-order valence-corrected chi connectivity index (χ4v) is 3.65. The quantitative estimate of drug-likeness (QED) is 0.487. The predicted octanol–water partition coefficient (Wildman–Crippen LogP) is 5.53. The maximum absolute atomic E-state index is 6.39. The number of furan rings is 1. The van der Waals surface area contributed by atoms with Gasteiger partial charge in [0.1, 0.15) is 5.76 Å². The largest absolute Gasteiger partial charge is 0.468 e. The van der Waals surface area contributed by atoms with E-state index < -0.39 is 0 Å². The maximum Gasteiger partial charge on any atom is 0.117 e. The molecule has 2 aromatic carbocycles. The molecule has 0 aliphatic carbocycles. The van der Waals surface area contributed by atoms with Crippen LogP contribution in [0, 0.1) is 6.92 Å². The van der Waals surface area contributed by atoms with E-state index in [1.807, 2.05) is 30.3 Å². The Morgan fingerprint density at radius 1 is 0.962 bits per heavy atom. The third-order valence-electron chi connectivity index (χ3n) is 4.83. The monoisotopic (exact) mass is 364 g/mol. The zero-order chi connectivity index (χ0) is 17.9. The first-order chi connectivity index (χ1) is 12.7. The van der Waals surface area contributed by atoms with E-state index in [-0.39, 0.29) is 0 Å². The van der Waals surface area contributed by atoms with E-state index in [0.717, 1.165) is 36.0 Å². The average Bonchev–Trinajstić information content (AvgIpc) is 3.26. The second-order valence-corrected chi connectivity index (χ2v) is 6.85. The van der Waals surface area contributed by atoms with Crippen LogP contribution in [0.25, 0.3) is 10.9 Å². The SMILES string of the molecule is Cc1c(CNCc2ccco2)c2ccccc2n1Cc1ccccc1Cl. The average molecular weight is 365 g/mol. The number of rotatable bonds is 6. The molecule has 0 atom stereocenters. The van der Waals surface area contributed by atoms with Gasteiger partial charge >= 0.3 is 0 Å². The lowest BCUT2D eigenvalue weighted by Gasteiger charge is -2.11. The third kappa shape index (κ3) is 3.28. The normalized spacial score (nSPS) is 11.3. The standard InChI is InChI=1S/C22H21ClN2O/c1-16-20(14-24-13-18-8-6-12-26-18)19-9-3-5-11-22(19)25(16)15-17-7-2-4-10-21(17)23/h2-12,24H,13-15H2,1H3. The molecule has 0 fully saturated rings. The van der Waals surface area contributed by atoms with E-state index in [2.05, 4.69) is 47.1 Å². The summed E-state index contributed by atoms with van der Waals surface area (Å²) < 4.78 is 7.75. The Balaban J connectivity index is 1.65. The van der Waals surface area contributed by atoms with Crippen molar-refractivity contribution in [2.75, 3.05) is 0 Å². The lowest BCUT2D eigenvalue weighted by molar-refractivity contribution is 0.483. The molecule has 0 aliphatic rings. The Labute approximate surface area is 158 Å². The fourth-order valence-electron chi connectivity index (χ4n) is 3.45. The van der Waals surface area contributed by atoms with Gasteiger partial charge in [0.2, 0.25) is 0 Å². The number of para-hydroxylation sites is 1. The molecule has 3 nitrogen and oxygen atoms in total. The second-order valence-electron chi connectivity index (χ2n) is 6.44. The van der Waals surface area contributed by atoms with Crippen LogP contribution in [-0.4, -0.2) is 4.57 Å². The van der Waals surface area contributed by atoms with E-state index in [1.54, 1.807) is 6.26 Å². The number of hydrogen-bond donors (Lipinski definition) is 1. The summed E-state index contributed by atoms with van der Waals surface area (Å²) >= 11 is 6.39. The number of nitrogens with one attached hydrogen (secondary N) is 1. The smallest absolute Gasteiger partial charge is 0.117 e. The molecule has 0 unspecified atom stereocenters. The topological polar surface area (TPSA) is 30.1 Å². The zero-order valence-electron chi connectivity index (χ0n) is 14.7. The van der Waals surface area contributed by atoms with Crippen LogP contribution >= 0.6 is 11.6 Å². The lowest BCUT2D eigenvalue weighted by Crippen LogP contribution is -2.13. The minimum atomic E-state index is 0.719. The van der Waals surface area contributed by atoms with Gasteiger partial charge in [-0.25, -0.2) is 0 Å². The molecule has 0 radical (unpaired) electrons. The van der Waals surface area contributed by atoms with Gasteiger partial charge in [0.15, 0.2) is 0 Å². The molecule has 4 rings (SSSR count). The van der Waals surface area contributed by atoms with Crippen LogP contribution in [0.3, 0.4) is 0 Å². The predicted molar refractivity (Wildman–Crippen MR) is 106 cm³/mol. The van der Waals surface area contributed by atoms with E-state index in [1.165, 1.54) is 22.2 Å². The van der Waals surface area contributed by atoms with Crippen molar-refractivity contribution in [3.8, 4) is 0 Å². The molecule has 2 heterocycles. The number of fused-ring (bicyclic) bond motifs is 1. The van der Waals surface area contributed by atoms with Gasteiger partial charge in [0.25, 0.3) is 0 Å². The molecule has 0 saturated heterocycles. The van der Waals surface area contributed by atoms with Crippen molar-refractivity contribution in [3.63, 3.8) is 0 Å². The van der Waals surface area contributed by atoms with E-state index in [4.69, 9.17) is 16.0 Å². The molecule has 132 valence electrons. The zero-order valence-corrected chi connectivity index (χ0v) is 15.5. The highest BCUT2D eigenvalue weighted by Gasteiger charge is 2.14. The van der Waals surface area contributed by atoms with Gasteiger partial charge < -0.3 is 14.3 Å². The summed E-state index contributed by atoms with van der Waals surface area (Å²) in [5.41, 5.74) is 4.95. The van der Waals surface area contributed by atoms with Gasteiger partial charge in [-0.2, -0.15) is 0 Å². The van der Waals surface area contributed by atoms with E-state index >= 15 is 0 Å². The summed E-state index contributed by atoms with van der Waals surface area (Å²) in [7, 11) is 0. The number of nitrogens with zero attached hydrogens (tertiary/aromatic N) is 1. The Hall–Kier alpha value is -2.49. The van der Waals surface area contributed by atoms with Crippen LogP contribution in [0.1, 0.15) is 22.6 Å². The number of halogens is 1. The molecule has 4 aromatic rings. The van der Waals surface area contributed by atoms with Crippen molar-refractivity contribution in [2.45, 2.75) is 26.6 Å². The second kappa shape index (κ2) is 7.40.